The van der Waals surface area contributed by atoms with Gasteiger partial charge in [-0.3, -0.25) is 0 Å². The van der Waals surface area contributed by atoms with Crippen LogP contribution in [0, 0.1) is 5.92 Å². The highest BCUT2D eigenvalue weighted by Crippen LogP contribution is 2.15. The average molecular weight is 319 g/mol. The molecule has 0 amide bonds. The molecule has 1 nitrogen and oxygen atoms in total. The second-order valence-corrected chi connectivity index (χ2v) is 9.71. The molecule has 0 N–H and O–H groups in total. The average Bonchev–Trinajstić information content (AvgIpc) is 2.56. The van der Waals surface area contributed by atoms with Crippen LogP contribution in [0.25, 0.3) is 0 Å². The lowest BCUT2D eigenvalue weighted by Crippen LogP contribution is -2.56. The lowest BCUT2D eigenvalue weighted by Gasteiger charge is -2.26. The highest BCUT2D eigenvalue weighted by molar-refractivity contribution is 7.30. The highest BCUT2D eigenvalue weighted by atomic mass is 35.6. The summed E-state index contributed by atoms with van der Waals surface area (Å²) < 4.78 is 6.28. The number of benzene rings is 2. The van der Waals surface area contributed by atoms with Crippen LogP contribution in [0.1, 0.15) is 26.7 Å². The van der Waals surface area contributed by atoms with Crippen LogP contribution in [0.4, 0.5) is 0 Å². The van der Waals surface area contributed by atoms with Crippen molar-refractivity contribution in [1.29, 1.82) is 0 Å². The van der Waals surface area contributed by atoms with E-state index in [2.05, 4.69) is 38.1 Å². The summed E-state index contributed by atoms with van der Waals surface area (Å²) in [5.74, 6) is 0.673. The van der Waals surface area contributed by atoms with E-state index in [-0.39, 0.29) is 0 Å². The zero-order chi connectivity index (χ0) is 15.1. The minimum Gasteiger partial charge on any atom is -0.397 e. The third-order valence-corrected chi connectivity index (χ3v) is 8.29. The van der Waals surface area contributed by atoms with E-state index < -0.39 is 7.63 Å². The third kappa shape index (κ3) is 4.19. The molecule has 0 aliphatic carbocycles. The van der Waals surface area contributed by atoms with Crippen molar-refractivity contribution in [3.63, 3.8) is 0 Å². The molecule has 0 radical (unpaired) electrons. The van der Waals surface area contributed by atoms with Gasteiger partial charge in [0.05, 0.1) is 0 Å². The maximum Gasteiger partial charge on any atom is 0.355 e. The number of rotatable bonds is 7. The molecule has 1 unspecified atom stereocenters. The summed E-state index contributed by atoms with van der Waals surface area (Å²) in [5.41, 5.74) is 0. The van der Waals surface area contributed by atoms with E-state index in [1.807, 2.05) is 36.4 Å². The maximum absolute atomic E-state index is 7.03. The third-order valence-electron chi connectivity index (χ3n) is 3.90. The fourth-order valence-corrected chi connectivity index (χ4v) is 5.54. The zero-order valence-electron chi connectivity index (χ0n) is 12.8. The van der Waals surface area contributed by atoms with Gasteiger partial charge < -0.3 is 4.43 Å². The van der Waals surface area contributed by atoms with Crippen LogP contribution in [0.3, 0.4) is 0 Å². The summed E-state index contributed by atoms with van der Waals surface area (Å²) in [4.78, 5) is 0. The lowest BCUT2D eigenvalue weighted by atomic mass is 10.1. The second-order valence-electron chi connectivity index (χ2n) is 5.48. The summed E-state index contributed by atoms with van der Waals surface area (Å²) in [7, 11) is -2.61. The first kappa shape index (κ1) is 16.3. The van der Waals surface area contributed by atoms with Gasteiger partial charge >= 0.3 is 7.63 Å². The van der Waals surface area contributed by atoms with Gasteiger partial charge in [0.2, 0.25) is 0 Å². The summed E-state index contributed by atoms with van der Waals surface area (Å²) in [6.07, 6.45) is 2.23. The van der Waals surface area contributed by atoms with Crippen molar-refractivity contribution >= 4 is 29.1 Å². The quantitative estimate of drug-likeness (QED) is 0.555. The van der Waals surface area contributed by atoms with E-state index in [1.165, 1.54) is 6.42 Å². The predicted octanol–water partition coefficient (Wildman–Crippen LogP) is 3.93. The smallest absolute Gasteiger partial charge is 0.355 e. The SMILES string of the molecule is CCC(C)CCO[Si](Cl)(c1ccccc1)c1ccccc1. The first-order chi connectivity index (χ1) is 10.2. The van der Waals surface area contributed by atoms with Gasteiger partial charge in [0.15, 0.2) is 0 Å². The molecule has 0 fully saturated rings. The molecule has 112 valence electrons. The Balaban J connectivity index is 2.23. The predicted molar refractivity (Wildman–Crippen MR) is 93.8 cm³/mol. The molecule has 2 rings (SSSR count). The van der Waals surface area contributed by atoms with Gasteiger partial charge in [-0.1, -0.05) is 80.9 Å². The molecule has 3 heteroatoms. The molecule has 0 aromatic heterocycles. The number of hydrogen-bond donors (Lipinski definition) is 0. The van der Waals surface area contributed by atoms with Crippen LogP contribution >= 0.6 is 11.1 Å². The topological polar surface area (TPSA) is 9.23 Å². The van der Waals surface area contributed by atoms with Gasteiger partial charge in [-0.25, -0.2) is 0 Å². The molecule has 0 aliphatic rings. The van der Waals surface area contributed by atoms with E-state index in [4.69, 9.17) is 15.5 Å². The molecule has 0 heterocycles. The molecule has 0 saturated heterocycles. The molecular weight excluding hydrogens is 296 g/mol. The van der Waals surface area contributed by atoms with Crippen molar-refractivity contribution < 1.29 is 4.43 Å². The molecule has 2 aromatic rings. The van der Waals surface area contributed by atoms with Gasteiger partial charge in [0.25, 0.3) is 0 Å². The summed E-state index contributed by atoms with van der Waals surface area (Å²) >= 11 is 7.03. The van der Waals surface area contributed by atoms with Crippen LogP contribution in [-0.4, -0.2) is 14.2 Å². The van der Waals surface area contributed by atoms with Crippen molar-refractivity contribution in [3.8, 4) is 0 Å². The molecule has 0 bridgehead atoms. The van der Waals surface area contributed by atoms with Crippen LogP contribution in [0.2, 0.25) is 0 Å². The van der Waals surface area contributed by atoms with E-state index in [1.54, 1.807) is 0 Å². The first-order valence-corrected chi connectivity index (χ1v) is 10.5. The Morgan fingerprint density at radius 3 is 1.86 bits per heavy atom. The van der Waals surface area contributed by atoms with Crippen molar-refractivity contribution in [2.45, 2.75) is 26.7 Å². The van der Waals surface area contributed by atoms with Crippen LogP contribution < -0.4 is 10.4 Å². The van der Waals surface area contributed by atoms with Crippen molar-refractivity contribution in [3.05, 3.63) is 60.7 Å². The minimum atomic E-state index is -2.61. The number of hydrogen-bond acceptors (Lipinski definition) is 1. The van der Waals surface area contributed by atoms with Crippen molar-refractivity contribution in [2.24, 2.45) is 5.92 Å². The van der Waals surface area contributed by atoms with E-state index in [0.717, 1.165) is 16.8 Å². The van der Waals surface area contributed by atoms with Gasteiger partial charge in [-0.15, -0.1) is 11.1 Å². The molecule has 21 heavy (non-hydrogen) atoms. The van der Waals surface area contributed by atoms with Crippen LogP contribution in [0.5, 0.6) is 0 Å². The Labute approximate surface area is 133 Å². The van der Waals surface area contributed by atoms with Gasteiger partial charge in [0, 0.05) is 6.61 Å². The second kappa shape index (κ2) is 7.78. The monoisotopic (exact) mass is 318 g/mol. The Morgan fingerprint density at radius 2 is 1.43 bits per heavy atom. The normalized spacial score (nSPS) is 13.1. The van der Waals surface area contributed by atoms with Crippen molar-refractivity contribution in [2.75, 3.05) is 6.61 Å². The Hall–Kier alpha value is -1.09. The van der Waals surface area contributed by atoms with Gasteiger partial charge in [-0.2, -0.15) is 0 Å². The van der Waals surface area contributed by atoms with E-state index in [0.29, 0.717) is 12.5 Å². The Bertz CT molecular complexity index is 490. The molecule has 0 saturated carbocycles. The fourth-order valence-electron chi connectivity index (χ4n) is 2.24. The van der Waals surface area contributed by atoms with Crippen molar-refractivity contribution in [1.82, 2.24) is 0 Å². The van der Waals surface area contributed by atoms with E-state index >= 15 is 0 Å². The molecule has 0 aliphatic heterocycles. The Kier molecular flexibility index (Phi) is 6.04. The first-order valence-electron chi connectivity index (χ1n) is 7.60. The molecule has 2 aromatic carbocycles. The maximum atomic E-state index is 7.03. The van der Waals surface area contributed by atoms with Crippen LogP contribution in [-0.2, 0) is 4.43 Å². The highest BCUT2D eigenvalue weighted by Gasteiger charge is 2.37. The molecule has 1 atom stereocenters. The Morgan fingerprint density at radius 1 is 0.952 bits per heavy atom. The summed E-state index contributed by atoms with van der Waals surface area (Å²) in [6.45, 7) is 5.19. The number of halogens is 1. The fraction of sp³-hybridized carbons (Fsp3) is 0.333. The van der Waals surface area contributed by atoms with Gasteiger partial charge in [0.1, 0.15) is 0 Å². The minimum absolute atomic E-state index is 0.673. The molecular formula is C18H23ClOSi. The lowest BCUT2D eigenvalue weighted by molar-refractivity contribution is 0.288. The summed E-state index contributed by atoms with van der Waals surface area (Å²) in [5, 5.41) is 2.23. The standard InChI is InChI=1S/C18H23ClOSi/c1-3-16(2)14-15-20-21(19,17-10-6-4-7-11-17)18-12-8-5-9-13-18/h4-13,16H,3,14-15H2,1-2H3. The molecule has 0 spiro atoms. The summed E-state index contributed by atoms with van der Waals surface area (Å²) in [6, 6.07) is 20.5. The largest absolute Gasteiger partial charge is 0.397 e. The van der Waals surface area contributed by atoms with Crippen LogP contribution in [0.15, 0.2) is 60.7 Å². The zero-order valence-corrected chi connectivity index (χ0v) is 14.5. The van der Waals surface area contributed by atoms with Gasteiger partial charge in [-0.05, 0) is 22.7 Å². The van der Waals surface area contributed by atoms with E-state index in [9.17, 15) is 0 Å².